The first-order valence-electron chi connectivity index (χ1n) is 14.6. The van der Waals surface area contributed by atoms with Gasteiger partial charge >= 0.3 is 0 Å². The molecule has 4 N–H and O–H groups in total. The van der Waals surface area contributed by atoms with Gasteiger partial charge in [-0.05, 0) is 48.8 Å². The molecule has 4 aliphatic rings. The van der Waals surface area contributed by atoms with Gasteiger partial charge in [-0.25, -0.2) is 0 Å². The minimum atomic E-state index is -1.62. The third-order valence-electron chi connectivity index (χ3n) is 8.62. The highest BCUT2D eigenvalue weighted by Gasteiger charge is 2.45. The van der Waals surface area contributed by atoms with Crippen molar-refractivity contribution >= 4 is 22.8 Å². The molecule has 0 radical (unpaired) electrons. The lowest BCUT2D eigenvalue weighted by atomic mass is 9.87. The maximum absolute atomic E-state index is 12.8. The van der Waals surface area contributed by atoms with E-state index in [0.29, 0.717) is 11.1 Å². The first-order valence-corrected chi connectivity index (χ1v) is 14.6. The fourth-order valence-corrected chi connectivity index (χ4v) is 6.37. The van der Waals surface area contributed by atoms with Gasteiger partial charge in [0.05, 0.1) is 36.5 Å². The highest BCUT2D eigenvalue weighted by atomic mass is 16.7. The van der Waals surface area contributed by atoms with Gasteiger partial charge in [-0.2, -0.15) is 4.99 Å². The van der Waals surface area contributed by atoms with E-state index in [9.17, 15) is 25.2 Å². The number of aliphatic imine (C=N–C) groups is 1. The molecule has 2 aliphatic heterocycles. The Balaban J connectivity index is 1.27. The molecule has 0 amide bonds. The van der Waals surface area contributed by atoms with E-state index in [1.807, 2.05) is 30.7 Å². The van der Waals surface area contributed by atoms with E-state index in [1.54, 1.807) is 12.3 Å². The highest BCUT2D eigenvalue weighted by molar-refractivity contribution is 6.07. The Kier molecular flexibility index (Phi) is 8.30. The number of carbonyl (C=O) groups is 1. The highest BCUT2D eigenvalue weighted by Crippen LogP contribution is 2.46. The zero-order chi connectivity index (χ0) is 30.2. The Morgan fingerprint density at radius 1 is 1.12 bits per heavy atom. The van der Waals surface area contributed by atoms with Crippen LogP contribution < -0.4 is 9.47 Å². The number of ketones is 1. The van der Waals surface area contributed by atoms with Crippen LogP contribution in [0.15, 0.2) is 58.3 Å². The first-order chi connectivity index (χ1) is 20.8. The number of carbonyl (C=O) groups excluding carboxylic acids is 1. The van der Waals surface area contributed by atoms with Gasteiger partial charge in [0.1, 0.15) is 53.8 Å². The maximum Gasteiger partial charge on any atom is 0.229 e. The molecule has 2 fully saturated rings. The Hall–Kier alpha value is -3.67. The molecule has 2 heterocycles. The zero-order valence-corrected chi connectivity index (χ0v) is 24.1. The number of aliphatic hydroxyl groups is 3. The minimum absolute atomic E-state index is 0.0916. The Morgan fingerprint density at radius 3 is 2.65 bits per heavy atom. The summed E-state index contributed by atoms with van der Waals surface area (Å²) in [5, 5.41) is 44.5. The Morgan fingerprint density at radius 2 is 1.91 bits per heavy atom. The van der Waals surface area contributed by atoms with Crippen LogP contribution in [0.5, 0.6) is 17.2 Å². The van der Waals surface area contributed by atoms with Crippen molar-refractivity contribution < 1.29 is 44.2 Å². The van der Waals surface area contributed by atoms with Crippen molar-refractivity contribution in [2.75, 3.05) is 20.3 Å². The average molecular weight is 591 g/mol. The second-order valence-electron chi connectivity index (χ2n) is 11.4. The molecule has 10 heteroatoms. The van der Waals surface area contributed by atoms with Crippen molar-refractivity contribution in [1.29, 1.82) is 0 Å². The van der Waals surface area contributed by atoms with Gasteiger partial charge in [0.25, 0.3) is 0 Å². The summed E-state index contributed by atoms with van der Waals surface area (Å²) >= 11 is 0. The van der Waals surface area contributed by atoms with Crippen LogP contribution in [0.4, 0.5) is 0 Å². The SMILES string of the molecule is COc1cc(OC2OC(COCC3=C4[CH+]C=CC=C4N=C3)C(O)C(O)C2O)c2c(O)c(C(C)=O)c(C3CCCC3)cc2c1. The second kappa shape index (κ2) is 12.1. The summed E-state index contributed by atoms with van der Waals surface area (Å²) in [5.74, 6) is 0.198. The summed E-state index contributed by atoms with van der Waals surface area (Å²) in [6.07, 6.45) is 6.24. The van der Waals surface area contributed by atoms with Crippen molar-refractivity contribution in [3.8, 4) is 17.2 Å². The summed E-state index contributed by atoms with van der Waals surface area (Å²) in [4.78, 5) is 17.1. The van der Waals surface area contributed by atoms with E-state index in [-0.39, 0.29) is 47.4 Å². The Bertz CT molecular complexity index is 1530. The van der Waals surface area contributed by atoms with E-state index in [2.05, 4.69) is 4.99 Å². The number of fused-ring (bicyclic) bond motifs is 2. The third-order valence-corrected chi connectivity index (χ3v) is 8.62. The lowest BCUT2D eigenvalue weighted by Gasteiger charge is -2.40. The number of rotatable bonds is 9. The zero-order valence-electron chi connectivity index (χ0n) is 24.1. The largest absolute Gasteiger partial charge is 0.506 e. The topological polar surface area (TPSA) is 147 Å². The normalized spacial score (nSPS) is 26.9. The molecule has 2 aromatic rings. The predicted molar refractivity (Wildman–Crippen MR) is 159 cm³/mol. The first kappa shape index (κ1) is 29.4. The van der Waals surface area contributed by atoms with Gasteiger partial charge in [-0.1, -0.05) is 12.8 Å². The van der Waals surface area contributed by atoms with Crippen LogP contribution in [0, 0.1) is 6.42 Å². The monoisotopic (exact) mass is 590 g/mol. The van der Waals surface area contributed by atoms with E-state index in [1.165, 1.54) is 20.1 Å². The van der Waals surface area contributed by atoms with Gasteiger partial charge in [-0.3, -0.25) is 4.79 Å². The predicted octanol–water partition coefficient (Wildman–Crippen LogP) is 3.66. The van der Waals surface area contributed by atoms with Crippen LogP contribution in [-0.4, -0.2) is 83.5 Å². The molecule has 5 unspecified atom stereocenters. The van der Waals surface area contributed by atoms with E-state index < -0.39 is 30.7 Å². The van der Waals surface area contributed by atoms with Crippen molar-refractivity contribution in [2.24, 2.45) is 4.99 Å². The minimum Gasteiger partial charge on any atom is -0.506 e. The fourth-order valence-electron chi connectivity index (χ4n) is 6.37. The molecule has 6 rings (SSSR count). The van der Waals surface area contributed by atoms with Crippen molar-refractivity contribution in [3.63, 3.8) is 0 Å². The van der Waals surface area contributed by atoms with Gasteiger partial charge < -0.3 is 39.4 Å². The molecule has 43 heavy (non-hydrogen) atoms. The van der Waals surface area contributed by atoms with Crippen LogP contribution >= 0.6 is 0 Å². The van der Waals surface area contributed by atoms with Crippen LogP contribution in [-0.2, 0) is 9.47 Å². The smallest absolute Gasteiger partial charge is 0.229 e. The van der Waals surface area contributed by atoms with E-state index in [0.717, 1.165) is 48.1 Å². The summed E-state index contributed by atoms with van der Waals surface area (Å²) in [5.41, 5.74) is 3.71. The summed E-state index contributed by atoms with van der Waals surface area (Å²) in [6.45, 7) is 1.52. The fraction of sp³-hybridized carbons (Fsp3) is 0.424. The van der Waals surface area contributed by atoms with Gasteiger partial charge in [-0.15, -0.1) is 0 Å². The molecule has 2 aromatic carbocycles. The average Bonchev–Trinajstić information content (AvgIpc) is 3.68. The number of aromatic hydroxyl groups is 1. The van der Waals surface area contributed by atoms with Crippen LogP contribution in [0.1, 0.15) is 54.4 Å². The lowest BCUT2D eigenvalue weighted by Crippen LogP contribution is -2.60. The molecule has 0 spiro atoms. The van der Waals surface area contributed by atoms with E-state index in [4.69, 9.17) is 18.9 Å². The quantitative estimate of drug-likeness (QED) is 0.254. The summed E-state index contributed by atoms with van der Waals surface area (Å²) < 4.78 is 23.4. The maximum atomic E-state index is 12.8. The molecule has 0 bridgehead atoms. The van der Waals surface area contributed by atoms with Crippen LogP contribution in [0.3, 0.4) is 0 Å². The van der Waals surface area contributed by atoms with Gasteiger partial charge in [0.15, 0.2) is 11.5 Å². The van der Waals surface area contributed by atoms with Crippen LogP contribution in [0.2, 0.25) is 0 Å². The number of hydrogen-bond donors (Lipinski definition) is 4. The number of nitrogens with zero attached hydrogens (tertiary/aromatic N) is 1. The summed E-state index contributed by atoms with van der Waals surface area (Å²) in [6, 6.07) is 5.17. The van der Waals surface area contributed by atoms with Gasteiger partial charge in [0, 0.05) is 30.7 Å². The number of hydrogen-bond acceptors (Lipinski definition) is 10. The molecule has 1 saturated carbocycles. The van der Waals surface area contributed by atoms with Crippen LogP contribution in [0.25, 0.3) is 10.8 Å². The second-order valence-corrected chi connectivity index (χ2v) is 11.4. The summed E-state index contributed by atoms with van der Waals surface area (Å²) in [7, 11) is 1.50. The standard InChI is InChI=1S/C33H35NO9/c1-17(35)27-23(18-7-3-4-8-18)12-19-11-21(40-2)13-25(28(19)30(27)37)42-33-32(39)31(38)29(36)26(43-33)16-41-15-20-14-34-24-10-6-5-9-22(20)24/h5-6,9-14,18,26,29,31-33,36,38-39H,3-4,7-8,15-16H2,1-2H3/p+1. The van der Waals surface area contributed by atoms with Crippen molar-refractivity contribution in [2.45, 2.75) is 69.2 Å². The molecule has 2 aliphatic carbocycles. The molecule has 5 atom stereocenters. The number of ether oxygens (including phenoxy) is 4. The number of Topliss-reactive ketones (excluding diaryl/α,β-unsaturated/α-hetero) is 1. The molecule has 0 aromatic heterocycles. The molecule has 1 saturated heterocycles. The number of allylic oxidation sites excluding steroid dienone is 4. The van der Waals surface area contributed by atoms with E-state index >= 15 is 0 Å². The number of aliphatic hydroxyl groups excluding tert-OH is 3. The van der Waals surface area contributed by atoms with Crippen molar-refractivity contribution in [1.82, 2.24) is 0 Å². The number of phenols is 1. The third kappa shape index (κ3) is 5.57. The molecule has 10 nitrogen and oxygen atoms in total. The lowest BCUT2D eigenvalue weighted by molar-refractivity contribution is -0.279. The Labute approximate surface area is 249 Å². The molecular formula is C33H36NO9+. The molecular weight excluding hydrogens is 554 g/mol. The molecule has 226 valence electrons. The van der Waals surface area contributed by atoms with Crippen molar-refractivity contribution in [3.05, 3.63) is 70.8 Å². The number of phenolic OH excluding ortho intramolecular Hbond substituents is 1. The number of methoxy groups -OCH3 is 1. The number of benzene rings is 2. The van der Waals surface area contributed by atoms with Gasteiger partial charge in [0.2, 0.25) is 6.29 Å².